The molecule has 0 aromatic carbocycles. The number of carbonyl (C=O) groups excluding carboxylic acids is 1. The van der Waals surface area contributed by atoms with Gasteiger partial charge >= 0.3 is 6.18 Å². The zero-order valence-electron chi connectivity index (χ0n) is 17.3. The highest BCUT2D eigenvalue weighted by Crippen LogP contribution is 2.36. The van der Waals surface area contributed by atoms with E-state index in [1.165, 1.54) is 23.9 Å². The first-order valence-corrected chi connectivity index (χ1v) is 11.2. The van der Waals surface area contributed by atoms with E-state index in [0.29, 0.717) is 43.8 Å². The number of imidazole rings is 1. The lowest BCUT2D eigenvalue weighted by Crippen LogP contribution is -2.07. The van der Waals surface area contributed by atoms with Gasteiger partial charge in [0, 0.05) is 34.8 Å². The molecule has 3 aromatic rings. The Hall–Kier alpha value is -2.85. The normalized spacial score (nSPS) is 12.2. The molecule has 0 unspecified atom stereocenters. The number of alkyl halides is 3. The lowest BCUT2D eigenvalue weighted by atomic mass is 10.2. The van der Waals surface area contributed by atoms with Crippen LogP contribution in [0, 0.1) is 0 Å². The van der Waals surface area contributed by atoms with E-state index in [0.717, 1.165) is 24.0 Å². The molecule has 32 heavy (non-hydrogen) atoms. The van der Waals surface area contributed by atoms with Crippen molar-refractivity contribution in [2.75, 3.05) is 5.75 Å². The molecule has 10 heteroatoms. The first-order valence-electron chi connectivity index (χ1n) is 9.39. The molecule has 3 heterocycles. The Morgan fingerprint density at radius 2 is 1.97 bits per heavy atom. The number of pyridine rings is 2. The van der Waals surface area contributed by atoms with Crippen molar-refractivity contribution in [1.29, 1.82) is 0 Å². The Balaban J connectivity index is 2.03. The van der Waals surface area contributed by atoms with Crippen molar-refractivity contribution in [1.82, 2.24) is 19.5 Å². The number of aromatic nitrogens is 4. The Morgan fingerprint density at radius 1 is 1.22 bits per heavy atom. The van der Waals surface area contributed by atoms with E-state index in [2.05, 4.69) is 28.1 Å². The molecule has 0 radical (unpaired) electrons. The summed E-state index contributed by atoms with van der Waals surface area (Å²) in [6.07, 6.45) is 2.40. The van der Waals surface area contributed by atoms with Crippen LogP contribution in [0.4, 0.5) is 13.2 Å². The second kappa shape index (κ2) is 9.74. The number of hydrogen-bond donors (Lipinski definition) is 0. The number of rotatable bonds is 7. The number of carbonyl (C=O) groups is 1. The molecule has 3 rings (SSSR count). The van der Waals surface area contributed by atoms with E-state index in [9.17, 15) is 18.0 Å². The van der Waals surface area contributed by atoms with Crippen LogP contribution < -0.4 is 0 Å². The summed E-state index contributed by atoms with van der Waals surface area (Å²) in [5.41, 5.74) is 0.969. The molecule has 0 aliphatic rings. The maximum absolute atomic E-state index is 13.1. The van der Waals surface area contributed by atoms with E-state index in [1.54, 1.807) is 30.0 Å². The maximum atomic E-state index is 13.1. The van der Waals surface area contributed by atoms with Gasteiger partial charge in [-0.25, -0.2) is 9.97 Å². The smallest absolute Gasteiger partial charge is 0.310 e. The number of allylic oxidation sites excluding steroid dienone is 3. The van der Waals surface area contributed by atoms with E-state index in [4.69, 9.17) is 0 Å². The van der Waals surface area contributed by atoms with Crippen LogP contribution in [0.3, 0.4) is 0 Å². The molecule has 0 N–H and O–H groups in total. The average molecular weight is 477 g/mol. The topological polar surface area (TPSA) is 60.7 Å². The highest BCUT2D eigenvalue weighted by Gasteiger charge is 2.32. The highest BCUT2D eigenvalue weighted by atomic mass is 32.2. The number of fused-ring (bicyclic) bond motifs is 1. The van der Waals surface area contributed by atoms with Gasteiger partial charge in [0.2, 0.25) is 5.12 Å². The van der Waals surface area contributed by atoms with Gasteiger partial charge < -0.3 is 4.57 Å². The van der Waals surface area contributed by atoms with Crippen molar-refractivity contribution < 1.29 is 18.0 Å². The fourth-order valence-corrected chi connectivity index (χ4v) is 4.43. The van der Waals surface area contributed by atoms with Crippen LogP contribution >= 0.6 is 23.5 Å². The molecule has 3 aromatic heterocycles. The number of nitrogens with zero attached hydrogens (tertiary/aromatic N) is 4. The van der Waals surface area contributed by atoms with Crippen LogP contribution in [0.25, 0.3) is 22.7 Å². The second-order valence-electron chi connectivity index (χ2n) is 6.46. The minimum Gasteiger partial charge on any atom is -0.310 e. The second-order valence-corrected chi connectivity index (χ2v) is 8.81. The molecule has 0 amide bonds. The van der Waals surface area contributed by atoms with Gasteiger partial charge in [-0.2, -0.15) is 13.2 Å². The summed E-state index contributed by atoms with van der Waals surface area (Å²) in [6, 6.07) is 2.80. The van der Waals surface area contributed by atoms with Crippen molar-refractivity contribution in [2.24, 2.45) is 7.05 Å². The summed E-state index contributed by atoms with van der Waals surface area (Å²) in [6.45, 7) is 9.05. The van der Waals surface area contributed by atoms with Gasteiger partial charge in [-0.1, -0.05) is 38.3 Å². The third-order valence-corrected chi connectivity index (χ3v) is 6.13. The van der Waals surface area contributed by atoms with Crippen molar-refractivity contribution >= 4 is 39.8 Å². The summed E-state index contributed by atoms with van der Waals surface area (Å²) in [7, 11) is 1.72. The van der Waals surface area contributed by atoms with Crippen LogP contribution in [0.1, 0.15) is 12.5 Å². The van der Waals surface area contributed by atoms with E-state index in [1.807, 2.05) is 6.92 Å². The Kier molecular flexibility index (Phi) is 7.25. The molecular weight excluding hydrogens is 457 g/mol. The average Bonchev–Trinajstić information content (AvgIpc) is 3.07. The number of aryl methyl sites for hydroxylation is 1. The molecule has 0 fully saturated rings. The lowest BCUT2D eigenvalue weighted by Gasteiger charge is -2.11. The highest BCUT2D eigenvalue weighted by molar-refractivity contribution is 8.14. The first-order chi connectivity index (χ1) is 15.2. The summed E-state index contributed by atoms with van der Waals surface area (Å²) >= 11 is 2.23. The summed E-state index contributed by atoms with van der Waals surface area (Å²) in [4.78, 5) is 26.4. The Morgan fingerprint density at radius 3 is 2.59 bits per heavy atom. The van der Waals surface area contributed by atoms with Gasteiger partial charge in [-0.3, -0.25) is 9.78 Å². The summed E-state index contributed by atoms with van der Waals surface area (Å²) in [5, 5.41) is -0.219. The summed E-state index contributed by atoms with van der Waals surface area (Å²) in [5.74, 6) is 0.967. The van der Waals surface area contributed by atoms with Gasteiger partial charge in [0.05, 0.1) is 5.56 Å². The van der Waals surface area contributed by atoms with Crippen molar-refractivity contribution in [3.8, 4) is 11.5 Å². The van der Waals surface area contributed by atoms with Gasteiger partial charge in [0.25, 0.3) is 0 Å². The molecule has 0 saturated heterocycles. The van der Waals surface area contributed by atoms with Gasteiger partial charge in [-0.05, 0) is 29.6 Å². The lowest BCUT2D eigenvalue weighted by molar-refractivity contribution is -0.138. The molecule has 0 atom stereocenters. The number of hydrogen-bond acceptors (Lipinski definition) is 6. The van der Waals surface area contributed by atoms with Gasteiger partial charge in [0.15, 0.2) is 11.5 Å². The molecule has 5 nitrogen and oxygen atoms in total. The van der Waals surface area contributed by atoms with Crippen molar-refractivity contribution in [2.45, 2.75) is 22.9 Å². The van der Waals surface area contributed by atoms with Crippen molar-refractivity contribution in [3.63, 3.8) is 0 Å². The van der Waals surface area contributed by atoms with Gasteiger partial charge in [-0.15, -0.1) is 11.8 Å². The Labute approximate surface area is 191 Å². The van der Waals surface area contributed by atoms with E-state index >= 15 is 0 Å². The van der Waals surface area contributed by atoms with Crippen molar-refractivity contribution in [3.05, 3.63) is 67.0 Å². The molecule has 0 aliphatic carbocycles. The quantitative estimate of drug-likeness (QED) is 0.234. The van der Waals surface area contributed by atoms with Crippen LogP contribution in [-0.4, -0.2) is 30.4 Å². The molecule has 0 bridgehead atoms. The maximum Gasteiger partial charge on any atom is 0.417 e. The largest absolute Gasteiger partial charge is 0.417 e. The molecule has 0 saturated carbocycles. The zero-order chi connectivity index (χ0) is 23.5. The van der Waals surface area contributed by atoms with E-state index in [-0.39, 0.29) is 5.12 Å². The molecule has 0 spiro atoms. The minimum atomic E-state index is -4.48. The Bertz CT molecular complexity index is 1230. The van der Waals surface area contributed by atoms with Gasteiger partial charge in [0.1, 0.15) is 11.2 Å². The third kappa shape index (κ3) is 4.97. The first kappa shape index (κ1) is 23.8. The predicted octanol–water partition coefficient (Wildman–Crippen LogP) is 6.08. The minimum absolute atomic E-state index is 0.219. The predicted molar refractivity (Wildman–Crippen MR) is 122 cm³/mol. The summed E-state index contributed by atoms with van der Waals surface area (Å²) < 4.78 is 41.1. The SMILES string of the molecule is C=C/C=C(\C=C)C(=O)Sc1cnc2c(c1)nc(-c1ncc(C(F)(F)F)cc1SCC)n2C. The third-order valence-electron chi connectivity index (χ3n) is 4.34. The van der Waals surface area contributed by atoms with Crippen LogP contribution in [0.15, 0.2) is 71.3 Å². The monoisotopic (exact) mass is 476 g/mol. The molecule has 166 valence electrons. The van der Waals surface area contributed by atoms with Crippen LogP contribution in [-0.2, 0) is 18.0 Å². The number of halogens is 3. The zero-order valence-corrected chi connectivity index (χ0v) is 18.9. The van der Waals surface area contributed by atoms with Crippen LogP contribution in [0.5, 0.6) is 0 Å². The standard InChI is InChI=1S/C22H19F3N4OS2/c1-5-8-13(6-2)21(30)32-15-10-16-19(27-12-15)29(4)20(28-16)18-17(31-7-3)9-14(11-26-18)22(23,24)25/h5-6,8-12H,1-2,7H2,3-4H3/b13-8+. The molecular formula is C22H19F3N4OS2. The fourth-order valence-electron chi connectivity index (χ4n) is 2.87. The fraction of sp³-hybridized carbons (Fsp3) is 0.182. The van der Waals surface area contributed by atoms with E-state index < -0.39 is 11.7 Å². The van der Waals surface area contributed by atoms with Crippen LogP contribution in [0.2, 0.25) is 0 Å². The number of thioether (sulfide) groups is 2. The molecule has 0 aliphatic heterocycles.